The largest absolute Gasteiger partial charge is 0.486 e. The third kappa shape index (κ3) is 4.42. The molecule has 0 aliphatic heterocycles. The molecule has 0 bridgehead atoms. The number of hydrogen-bond donors (Lipinski definition) is 0. The number of halogens is 1. The summed E-state index contributed by atoms with van der Waals surface area (Å²) >= 11 is 7.26. The molecule has 0 aliphatic carbocycles. The zero-order valence-electron chi connectivity index (χ0n) is 16.4. The molecule has 0 saturated heterocycles. The van der Waals surface area contributed by atoms with E-state index in [1.807, 2.05) is 31.5 Å². The molecule has 3 rings (SSSR count). The number of ketones is 1. The zero-order valence-corrected chi connectivity index (χ0v) is 18.0. The number of aryl methyl sites for hydroxylation is 1. The van der Waals surface area contributed by atoms with Crippen molar-refractivity contribution >= 4 is 29.1 Å². The maximum absolute atomic E-state index is 12.6. The van der Waals surface area contributed by atoms with E-state index in [9.17, 15) is 4.79 Å². The molecule has 0 aliphatic rings. The maximum atomic E-state index is 12.6. The highest BCUT2D eigenvalue weighted by atomic mass is 35.5. The Hall–Kier alpha value is -2.25. The van der Waals surface area contributed by atoms with Crippen LogP contribution in [0.3, 0.4) is 0 Å². The number of carbonyl (C=O) groups is 1. The second-order valence-corrected chi connectivity index (χ2v) is 7.82. The summed E-state index contributed by atoms with van der Waals surface area (Å²) in [7, 11) is 1.87. The van der Waals surface area contributed by atoms with Gasteiger partial charge in [-0.3, -0.25) is 4.79 Å². The van der Waals surface area contributed by atoms with Crippen molar-refractivity contribution in [3.05, 3.63) is 58.1 Å². The molecule has 3 aromatic rings. The molecular weight excluding hydrogens is 396 g/mol. The number of aromatic nitrogens is 4. The van der Waals surface area contributed by atoms with E-state index in [2.05, 4.69) is 21.7 Å². The third-order valence-corrected chi connectivity index (χ3v) is 5.90. The van der Waals surface area contributed by atoms with Crippen LogP contribution in [0.25, 0.3) is 0 Å². The highest BCUT2D eigenvalue weighted by Gasteiger charge is 2.17. The first-order chi connectivity index (χ1) is 13.4. The summed E-state index contributed by atoms with van der Waals surface area (Å²) in [6.07, 6.45) is 0. The number of benzene rings is 1. The minimum Gasteiger partial charge on any atom is -0.486 e. The maximum Gasteiger partial charge on any atom is 0.191 e. The summed E-state index contributed by atoms with van der Waals surface area (Å²) < 4.78 is 9.71. The number of thioether (sulfide) groups is 1. The van der Waals surface area contributed by atoms with Crippen LogP contribution in [0, 0.1) is 13.8 Å². The molecule has 1 aromatic carbocycles. The molecule has 2 aromatic heterocycles. The molecule has 0 N–H and O–H groups in total. The third-order valence-electron chi connectivity index (χ3n) is 4.63. The summed E-state index contributed by atoms with van der Waals surface area (Å²) in [6.45, 7) is 7.24. The lowest BCUT2D eigenvalue weighted by molar-refractivity contribution is 0.102. The Bertz CT molecular complexity index is 979. The molecule has 0 atom stereocenters. The van der Waals surface area contributed by atoms with Crippen molar-refractivity contribution in [3.8, 4) is 5.75 Å². The minimum absolute atomic E-state index is 0.0970. The van der Waals surface area contributed by atoms with E-state index in [1.54, 1.807) is 24.3 Å². The minimum atomic E-state index is 0.0970. The van der Waals surface area contributed by atoms with Crippen LogP contribution in [0.4, 0.5) is 0 Å². The van der Waals surface area contributed by atoms with Crippen molar-refractivity contribution in [3.63, 3.8) is 0 Å². The average Bonchev–Trinajstić information content (AvgIpc) is 3.18. The second-order valence-electron chi connectivity index (χ2n) is 6.44. The van der Waals surface area contributed by atoms with Crippen LogP contribution in [-0.2, 0) is 20.2 Å². The van der Waals surface area contributed by atoms with Gasteiger partial charge in [0.1, 0.15) is 12.4 Å². The fourth-order valence-electron chi connectivity index (χ4n) is 3.05. The molecule has 8 heteroatoms. The first-order valence-electron chi connectivity index (χ1n) is 9.00. The fraction of sp³-hybridized carbons (Fsp3) is 0.350. The van der Waals surface area contributed by atoms with Gasteiger partial charge in [0, 0.05) is 35.6 Å². The van der Waals surface area contributed by atoms with Gasteiger partial charge in [-0.05, 0) is 51.1 Å². The van der Waals surface area contributed by atoms with Crippen molar-refractivity contribution < 1.29 is 9.53 Å². The Morgan fingerprint density at radius 2 is 1.93 bits per heavy atom. The second kappa shape index (κ2) is 8.84. The van der Waals surface area contributed by atoms with Gasteiger partial charge in [-0.15, -0.1) is 10.2 Å². The lowest BCUT2D eigenvalue weighted by Gasteiger charge is -2.07. The van der Waals surface area contributed by atoms with Crippen molar-refractivity contribution in [1.82, 2.24) is 19.3 Å². The molecule has 6 nitrogen and oxygen atoms in total. The highest BCUT2D eigenvalue weighted by molar-refractivity contribution is 7.99. The number of hydrogen-bond acceptors (Lipinski definition) is 5. The van der Waals surface area contributed by atoms with Crippen LogP contribution in [0.2, 0.25) is 5.02 Å². The van der Waals surface area contributed by atoms with Crippen molar-refractivity contribution in [2.24, 2.45) is 7.05 Å². The predicted molar refractivity (Wildman–Crippen MR) is 111 cm³/mol. The molecule has 148 valence electrons. The smallest absolute Gasteiger partial charge is 0.191 e. The first kappa shape index (κ1) is 20.5. The first-order valence-corrected chi connectivity index (χ1v) is 10.4. The standard InChI is InChI=1S/C20H23ClN4O2S/c1-5-25-13(2)10-17(14(25)3)18(26)12-28-20-23-22-19(24(20)4)11-27-16-8-6-15(21)7-9-16/h6-10H,5,11-12H2,1-4H3. The van der Waals surface area contributed by atoms with Crippen LogP contribution in [0.15, 0.2) is 35.5 Å². The van der Waals surface area contributed by atoms with E-state index in [-0.39, 0.29) is 12.4 Å². The molecule has 28 heavy (non-hydrogen) atoms. The Labute approximate surface area is 173 Å². The summed E-state index contributed by atoms with van der Waals surface area (Å²) in [5, 5.41) is 9.71. The lowest BCUT2D eigenvalue weighted by Crippen LogP contribution is -2.07. The van der Waals surface area contributed by atoms with Gasteiger partial charge in [-0.2, -0.15) is 0 Å². The van der Waals surface area contributed by atoms with Crippen molar-refractivity contribution in [1.29, 1.82) is 0 Å². The monoisotopic (exact) mass is 418 g/mol. The van der Waals surface area contributed by atoms with E-state index in [0.29, 0.717) is 27.5 Å². The average molecular weight is 419 g/mol. The Kier molecular flexibility index (Phi) is 6.46. The van der Waals surface area contributed by atoms with Crippen LogP contribution in [-0.4, -0.2) is 30.9 Å². The van der Waals surface area contributed by atoms with Gasteiger partial charge in [-0.1, -0.05) is 23.4 Å². The number of rotatable bonds is 8. The molecule has 0 unspecified atom stereocenters. The van der Waals surface area contributed by atoms with Gasteiger partial charge in [-0.25, -0.2) is 0 Å². The number of Topliss-reactive ketones (excluding diaryl/α,β-unsaturated/α-hetero) is 1. The fourth-order valence-corrected chi connectivity index (χ4v) is 3.99. The predicted octanol–water partition coefficient (Wildman–Crippen LogP) is 4.46. The summed E-state index contributed by atoms with van der Waals surface area (Å²) in [5.74, 6) is 1.81. The quantitative estimate of drug-likeness (QED) is 0.399. The number of carbonyl (C=O) groups excluding carboxylic acids is 1. The summed E-state index contributed by atoms with van der Waals surface area (Å²) in [6, 6.07) is 9.12. The summed E-state index contributed by atoms with van der Waals surface area (Å²) in [5.41, 5.74) is 2.90. The van der Waals surface area contributed by atoms with Gasteiger partial charge >= 0.3 is 0 Å². The van der Waals surface area contributed by atoms with Crippen LogP contribution < -0.4 is 4.74 Å². The van der Waals surface area contributed by atoms with E-state index < -0.39 is 0 Å². The van der Waals surface area contributed by atoms with Gasteiger partial charge in [0.2, 0.25) is 0 Å². The lowest BCUT2D eigenvalue weighted by atomic mass is 10.2. The molecule has 0 fully saturated rings. The molecule has 0 spiro atoms. The Balaban J connectivity index is 1.61. The highest BCUT2D eigenvalue weighted by Crippen LogP contribution is 2.22. The number of nitrogens with zero attached hydrogens (tertiary/aromatic N) is 4. The van der Waals surface area contributed by atoms with Crippen LogP contribution in [0.5, 0.6) is 5.75 Å². The SMILES string of the molecule is CCn1c(C)cc(C(=O)CSc2nnc(COc3ccc(Cl)cc3)n2C)c1C. The van der Waals surface area contributed by atoms with E-state index in [1.165, 1.54) is 11.8 Å². The summed E-state index contributed by atoms with van der Waals surface area (Å²) in [4.78, 5) is 12.6. The Morgan fingerprint density at radius 1 is 1.21 bits per heavy atom. The van der Waals surface area contributed by atoms with Gasteiger partial charge in [0.05, 0.1) is 5.75 Å². The van der Waals surface area contributed by atoms with E-state index in [4.69, 9.17) is 16.3 Å². The molecular formula is C20H23ClN4O2S. The van der Waals surface area contributed by atoms with E-state index in [0.717, 1.165) is 23.5 Å². The van der Waals surface area contributed by atoms with Gasteiger partial charge < -0.3 is 13.9 Å². The van der Waals surface area contributed by atoms with Crippen LogP contribution in [0.1, 0.15) is 34.5 Å². The normalized spacial score (nSPS) is 11.0. The van der Waals surface area contributed by atoms with Crippen molar-refractivity contribution in [2.75, 3.05) is 5.75 Å². The topological polar surface area (TPSA) is 61.9 Å². The number of ether oxygens (including phenoxy) is 1. The van der Waals surface area contributed by atoms with Gasteiger partial charge in [0.15, 0.2) is 16.8 Å². The zero-order chi connectivity index (χ0) is 20.3. The van der Waals surface area contributed by atoms with Crippen molar-refractivity contribution in [2.45, 2.75) is 39.1 Å². The molecule has 0 radical (unpaired) electrons. The van der Waals surface area contributed by atoms with Crippen LogP contribution >= 0.6 is 23.4 Å². The molecule has 0 saturated carbocycles. The Morgan fingerprint density at radius 3 is 2.57 bits per heavy atom. The van der Waals surface area contributed by atoms with Gasteiger partial charge in [0.25, 0.3) is 0 Å². The molecule has 2 heterocycles. The molecule has 0 amide bonds. The van der Waals surface area contributed by atoms with E-state index >= 15 is 0 Å².